The van der Waals surface area contributed by atoms with Gasteiger partial charge >= 0.3 is 0 Å². The van der Waals surface area contributed by atoms with Gasteiger partial charge in [0.15, 0.2) is 10.9 Å². The zero-order valence-electron chi connectivity index (χ0n) is 13.7. The lowest BCUT2D eigenvalue weighted by Crippen LogP contribution is -2.17. The molecule has 1 aromatic heterocycles. The summed E-state index contributed by atoms with van der Waals surface area (Å²) in [6.07, 6.45) is 0. The Morgan fingerprint density at radius 3 is 2.39 bits per heavy atom. The lowest BCUT2D eigenvalue weighted by Gasteiger charge is -2.19. The van der Waals surface area contributed by atoms with Gasteiger partial charge in [-0.15, -0.1) is 0 Å². The second kappa shape index (κ2) is 6.58. The van der Waals surface area contributed by atoms with Gasteiger partial charge < -0.3 is 10.7 Å². The number of nitrogens with zero attached hydrogens (tertiary/aromatic N) is 1. The van der Waals surface area contributed by atoms with Gasteiger partial charge in [-0.3, -0.25) is 9.59 Å². The number of nitrogens with two attached hydrogens (primary N) is 1. The second-order valence-electron chi connectivity index (χ2n) is 6.43. The molecule has 0 amide bonds. The van der Waals surface area contributed by atoms with E-state index in [4.69, 9.17) is 5.73 Å². The van der Waals surface area contributed by atoms with Crippen LogP contribution >= 0.6 is 11.8 Å². The maximum Gasteiger partial charge on any atom is 0.253 e. The number of H-pyrrole nitrogens is 1. The fourth-order valence-corrected chi connectivity index (χ4v) is 2.99. The summed E-state index contributed by atoms with van der Waals surface area (Å²) in [6.45, 7) is 8.17. The minimum absolute atomic E-state index is 0.0134. The first-order chi connectivity index (χ1) is 10.7. The van der Waals surface area contributed by atoms with E-state index >= 15 is 0 Å². The topological polar surface area (TPSA) is 88.8 Å². The summed E-state index contributed by atoms with van der Waals surface area (Å²) < 4.78 is 0. The Morgan fingerprint density at radius 1 is 1.26 bits per heavy atom. The highest BCUT2D eigenvalue weighted by atomic mass is 32.2. The Bertz CT molecular complexity index is 761. The largest absolute Gasteiger partial charge is 0.383 e. The first-order valence-corrected chi connectivity index (χ1v) is 8.23. The molecule has 2 rings (SSSR count). The summed E-state index contributed by atoms with van der Waals surface area (Å²) in [7, 11) is 0. The standard InChI is InChI=1S/C17H21N3O2S/c1-10(23-16-19-13(18)9-14(21)20-16)15(22)11-5-7-12(8-6-11)17(2,3)4/h5-10H,1-4H3,(H3,18,19,20,21)/t10-/m1/s1. The number of ketones is 1. The van der Waals surface area contributed by atoms with Crippen molar-refractivity contribution in [3.8, 4) is 0 Å². The van der Waals surface area contributed by atoms with Crippen LogP contribution in [0.4, 0.5) is 5.82 Å². The summed E-state index contributed by atoms with van der Waals surface area (Å²) in [5, 5.41) is -0.0254. The molecule has 0 unspecified atom stereocenters. The number of nitrogens with one attached hydrogen (secondary N) is 1. The third-order valence-corrected chi connectivity index (χ3v) is 4.42. The maximum atomic E-state index is 12.5. The van der Waals surface area contributed by atoms with Crippen LogP contribution in [0.1, 0.15) is 43.6 Å². The molecule has 1 atom stereocenters. The van der Waals surface area contributed by atoms with Crippen molar-refractivity contribution in [1.82, 2.24) is 9.97 Å². The third kappa shape index (κ3) is 4.45. The van der Waals surface area contributed by atoms with Crippen LogP contribution in [0.15, 0.2) is 40.3 Å². The molecule has 1 heterocycles. The van der Waals surface area contributed by atoms with Crippen LogP contribution < -0.4 is 11.3 Å². The van der Waals surface area contributed by atoms with Gasteiger partial charge in [0.25, 0.3) is 5.56 Å². The molecule has 0 bridgehead atoms. The van der Waals surface area contributed by atoms with E-state index in [1.165, 1.54) is 23.4 Å². The van der Waals surface area contributed by atoms with Gasteiger partial charge in [-0.2, -0.15) is 0 Å². The Labute approximate surface area is 139 Å². The van der Waals surface area contributed by atoms with E-state index in [9.17, 15) is 9.59 Å². The van der Waals surface area contributed by atoms with Gasteiger partial charge in [-0.1, -0.05) is 56.8 Å². The molecule has 6 heteroatoms. The van der Waals surface area contributed by atoms with E-state index in [1.54, 1.807) is 6.92 Å². The Balaban J connectivity index is 2.14. The average molecular weight is 331 g/mol. The molecule has 2 aromatic rings. The zero-order chi connectivity index (χ0) is 17.2. The van der Waals surface area contributed by atoms with Crippen molar-refractivity contribution in [2.24, 2.45) is 0 Å². The third-order valence-electron chi connectivity index (χ3n) is 3.43. The molecule has 0 aliphatic carbocycles. The Hall–Kier alpha value is -2.08. The summed E-state index contributed by atoms with van der Waals surface area (Å²) in [6, 6.07) is 8.85. The number of aromatic amines is 1. The maximum absolute atomic E-state index is 12.5. The summed E-state index contributed by atoms with van der Waals surface area (Å²) in [5.41, 5.74) is 7.09. The van der Waals surface area contributed by atoms with Crippen molar-refractivity contribution in [1.29, 1.82) is 0 Å². The van der Waals surface area contributed by atoms with E-state index < -0.39 is 0 Å². The van der Waals surface area contributed by atoms with Crippen LogP contribution in [0.2, 0.25) is 0 Å². The Kier molecular flexibility index (Phi) is 4.94. The number of carbonyl (C=O) groups is 1. The summed E-state index contributed by atoms with van der Waals surface area (Å²) in [4.78, 5) is 30.5. The van der Waals surface area contributed by atoms with E-state index in [2.05, 4.69) is 30.7 Å². The number of hydrogen-bond donors (Lipinski definition) is 2. The molecular formula is C17H21N3O2S. The van der Waals surface area contributed by atoms with Crippen LogP contribution in [0.5, 0.6) is 0 Å². The molecule has 0 aliphatic rings. The van der Waals surface area contributed by atoms with Crippen LogP contribution in [0, 0.1) is 0 Å². The number of aromatic nitrogens is 2. The number of hydrogen-bond acceptors (Lipinski definition) is 5. The molecule has 1 aromatic carbocycles. The molecular weight excluding hydrogens is 310 g/mol. The number of Topliss-reactive ketones (excluding diaryl/α,β-unsaturated/α-hetero) is 1. The van der Waals surface area contributed by atoms with Crippen molar-refractivity contribution in [3.05, 3.63) is 51.8 Å². The molecule has 122 valence electrons. The summed E-state index contributed by atoms with van der Waals surface area (Å²) in [5.74, 6) is 0.131. The van der Waals surface area contributed by atoms with Crippen LogP contribution in [-0.4, -0.2) is 21.0 Å². The van der Waals surface area contributed by atoms with Crippen molar-refractivity contribution in [3.63, 3.8) is 0 Å². The first-order valence-electron chi connectivity index (χ1n) is 7.35. The second-order valence-corrected chi connectivity index (χ2v) is 7.76. The van der Waals surface area contributed by atoms with Gasteiger partial charge in [-0.25, -0.2) is 4.98 Å². The SMILES string of the molecule is C[C@@H](Sc1nc(N)cc(=O)[nH]1)C(=O)c1ccc(C(C)(C)C)cc1. The smallest absolute Gasteiger partial charge is 0.253 e. The van der Waals surface area contributed by atoms with Gasteiger partial charge in [-0.05, 0) is 17.9 Å². The minimum atomic E-state index is -0.375. The van der Waals surface area contributed by atoms with E-state index in [0.717, 1.165) is 0 Å². The number of rotatable bonds is 4. The number of nitrogen functional groups attached to an aromatic ring is 1. The van der Waals surface area contributed by atoms with Gasteiger partial charge in [0.05, 0.1) is 5.25 Å². The van der Waals surface area contributed by atoms with E-state index in [0.29, 0.717) is 10.7 Å². The quantitative estimate of drug-likeness (QED) is 0.511. The molecule has 0 radical (unpaired) electrons. The van der Waals surface area contributed by atoms with Crippen LogP contribution in [0.25, 0.3) is 0 Å². The average Bonchev–Trinajstić information content (AvgIpc) is 2.44. The van der Waals surface area contributed by atoms with Crippen molar-refractivity contribution < 1.29 is 4.79 Å². The molecule has 0 aliphatic heterocycles. The van der Waals surface area contributed by atoms with Gasteiger partial charge in [0, 0.05) is 11.6 Å². The fraction of sp³-hybridized carbons (Fsp3) is 0.353. The van der Waals surface area contributed by atoms with Crippen molar-refractivity contribution >= 4 is 23.4 Å². The fourth-order valence-electron chi connectivity index (χ4n) is 2.10. The number of thioether (sulfide) groups is 1. The number of anilines is 1. The highest BCUT2D eigenvalue weighted by Crippen LogP contribution is 2.25. The number of benzene rings is 1. The van der Waals surface area contributed by atoms with Gasteiger partial charge in [0.1, 0.15) is 5.82 Å². The molecule has 5 nitrogen and oxygen atoms in total. The Morgan fingerprint density at radius 2 is 1.87 bits per heavy atom. The lowest BCUT2D eigenvalue weighted by molar-refractivity contribution is 0.0994. The molecule has 0 saturated carbocycles. The highest BCUT2D eigenvalue weighted by Gasteiger charge is 2.19. The van der Waals surface area contributed by atoms with Crippen LogP contribution in [-0.2, 0) is 5.41 Å². The van der Waals surface area contributed by atoms with E-state index in [-0.39, 0.29) is 27.8 Å². The van der Waals surface area contributed by atoms with Crippen molar-refractivity contribution in [2.75, 3.05) is 5.73 Å². The minimum Gasteiger partial charge on any atom is -0.383 e. The first kappa shape index (κ1) is 17.3. The normalized spacial score (nSPS) is 12.9. The highest BCUT2D eigenvalue weighted by molar-refractivity contribution is 8.00. The molecule has 0 fully saturated rings. The number of carbonyl (C=O) groups excluding carboxylic acids is 1. The molecule has 23 heavy (non-hydrogen) atoms. The monoisotopic (exact) mass is 331 g/mol. The lowest BCUT2D eigenvalue weighted by atomic mass is 9.86. The molecule has 0 spiro atoms. The predicted octanol–water partition coefficient (Wildman–Crippen LogP) is 3.01. The summed E-state index contributed by atoms with van der Waals surface area (Å²) >= 11 is 1.19. The van der Waals surface area contributed by atoms with E-state index in [1.807, 2.05) is 24.3 Å². The zero-order valence-corrected chi connectivity index (χ0v) is 14.5. The molecule has 0 saturated heterocycles. The van der Waals surface area contributed by atoms with Crippen LogP contribution in [0.3, 0.4) is 0 Å². The van der Waals surface area contributed by atoms with Crippen molar-refractivity contribution in [2.45, 2.75) is 43.5 Å². The predicted molar refractivity (Wildman–Crippen MR) is 94.1 cm³/mol. The molecule has 3 N–H and O–H groups in total. The van der Waals surface area contributed by atoms with Gasteiger partial charge in [0.2, 0.25) is 0 Å².